The first-order valence-corrected chi connectivity index (χ1v) is 9.17. The third-order valence-corrected chi connectivity index (χ3v) is 5.19. The van der Waals surface area contributed by atoms with Crippen molar-refractivity contribution in [2.45, 2.75) is 30.5 Å². The van der Waals surface area contributed by atoms with Crippen LogP contribution in [-0.4, -0.2) is 37.6 Å². The summed E-state index contributed by atoms with van der Waals surface area (Å²) < 4.78 is 6.85. The Morgan fingerprint density at radius 3 is 2.72 bits per heavy atom. The van der Waals surface area contributed by atoms with Crippen molar-refractivity contribution in [2.24, 2.45) is 0 Å². The Hall–Kier alpha value is -2.12. The molecule has 0 N–H and O–H groups in total. The average Bonchev–Trinajstić information content (AvgIpc) is 3.05. The van der Waals surface area contributed by atoms with Gasteiger partial charge in [0, 0.05) is 5.02 Å². The first-order chi connectivity index (χ1) is 12.1. The molecule has 0 unspecified atom stereocenters. The highest BCUT2D eigenvalue weighted by Crippen LogP contribution is 2.30. The van der Waals surface area contributed by atoms with Crippen molar-refractivity contribution in [3.8, 4) is 5.69 Å². The zero-order valence-electron chi connectivity index (χ0n) is 13.8. The van der Waals surface area contributed by atoms with Gasteiger partial charge in [-0.2, -0.15) is 5.10 Å². The number of carbonyl (C=O) groups excluding carboxylic acids is 1. The number of halogens is 1. The number of benzene rings is 1. The van der Waals surface area contributed by atoms with E-state index in [1.165, 1.54) is 18.1 Å². The van der Waals surface area contributed by atoms with Gasteiger partial charge in [-0.05, 0) is 37.6 Å². The van der Waals surface area contributed by atoms with Crippen LogP contribution >= 0.6 is 23.4 Å². The second-order valence-electron chi connectivity index (χ2n) is 5.22. The second-order valence-corrected chi connectivity index (χ2v) is 6.84. The van der Waals surface area contributed by atoms with Crippen LogP contribution in [0.3, 0.4) is 0 Å². The van der Waals surface area contributed by atoms with Crippen LogP contribution in [0.1, 0.15) is 20.3 Å². The molecule has 0 saturated carbocycles. The number of ether oxygens (including phenoxy) is 1. The molecule has 0 aliphatic rings. The lowest BCUT2D eigenvalue weighted by molar-refractivity contribution is -0.142. The van der Waals surface area contributed by atoms with Crippen LogP contribution in [0.2, 0.25) is 5.02 Å². The molecule has 3 rings (SSSR count). The van der Waals surface area contributed by atoms with Crippen LogP contribution in [0, 0.1) is 0 Å². The highest BCUT2D eigenvalue weighted by molar-refractivity contribution is 8.00. The third-order valence-electron chi connectivity index (χ3n) is 3.57. The predicted molar refractivity (Wildman–Crippen MR) is 98.2 cm³/mol. The van der Waals surface area contributed by atoms with Crippen LogP contribution in [-0.2, 0) is 9.53 Å². The standard InChI is InChI=1S/C17H17ClN4O2S/c1-3-14(17(23)24-4-2)25-16-13-9-21-22(15(13)19-10-20-16)12-7-5-11(18)6-8-12/h5-10,14H,3-4H2,1-2H3/t14-/m0/s1. The lowest BCUT2D eigenvalue weighted by Gasteiger charge is -2.12. The monoisotopic (exact) mass is 376 g/mol. The Morgan fingerprint density at radius 1 is 1.28 bits per heavy atom. The van der Waals surface area contributed by atoms with Gasteiger partial charge in [-0.3, -0.25) is 4.79 Å². The van der Waals surface area contributed by atoms with Gasteiger partial charge >= 0.3 is 5.97 Å². The number of carbonyl (C=O) groups is 1. The van der Waals surface area contributed by atoms with E-state index in [0.29, 0.717) is 28.7 Å². The molecule has 0 saturated heterocycles. The molecule has 1 aromatic carbocycles. The van der Waals surface area contributed by atoms with Crippen LogP contribution < -0.4 is 0 Å². The molecular weight excluding hydrogens is 360 g/mol. The van der Waals surface area contributed by atoms with Crippen molar-refractivity contribution in [1.29, 1.82) is 0 Å². The van der Waals surface area contributed by atoms with E-state index in [4.69, 9.17) is 16.3 Å². The number of fused-ring (bicyclic) bond motifs is 1. The Labute approximate surface area is 154 Å². The van der Waals surface area contributed by atoms with Crippen molar-refractivity contribution < 1.29 is 9.53 Å². The van der Waals surface area contributed by atoms with Gasteiger partial charge in [-0.25, -0.2) is 14.6 Å². The number of nitrogens with zero attached hydrogens (tertiary/aromatic N) is 4. The van der Waals surface area contributed by atoms with Gasteiger partial charge in [0.15, 0.2) is 5.65 Å². The Kier molecular flexibility index (Phi) is 5.55. The largest absolute Gasteiger partial charge is 0.465 e. The summed E-state index contributed by atoms with van der Waals surface area (Å²) in [5, 5.41) is 6.27. The first-order valence-electron chi connectivity index (χ1n) is 7.92. The van der Waals surface area contributed by atoms with Crippen molar-refractivity contribution in [1.82, 2.24) is 19.7 Å². The number of hydrogen-bond acceptors (Lipinski definition) is 6. The lowest BCUT2D eigenvalue weighted by atomic mass is 10.3. The molecule has 0 amide bonds. The number of rotatable bonds is 6. The SMILES string of the molecule is CCOC(=O)[C@H](CC)Sc1ncnc2c1cnn2-c1ccc(Cl)cc1. The fraction of sp³-hybridized carbons (Fsp3) is 0.294. The lowest BCUT2D eigenvalue weighted by Crippen LogP contribution is -2.19. The molecule has 0 bridgehead atoms. The second kappa shape index (κ2) is 7.84. The summed E-state index contributed by atoms with van der Waals surface area (Å²) in [6, 6.07) is 7.35. The molecule has 130 valence electrons. The molecule has 8 heteroatoms. The van der Waals surface area contributed by atoms with Gasteiger partial charge < -0.3 is 4.74 Å². The zero-order chi connectivity index (χ0) is 17.8. The van der Waals surface area contributed by atoms with E-state index in [0.717, 1.165) is 11.1 Å². The van der Waals surface area contributed by atoms with Gasteiger partial charge in [0.2, 0.25) is 0 Å². The van der Waals surface area contributed by atoms with Gasteiger partial charge in [-0.1, -0.05) is 30.3 Å². The Bertz CT molecular complexity index is 882. The quantitative estimate of drug-likeness (QED) is 0.369. The van der Waals surface area contributed by atoms with E-state index >= 15 is 0 Å². The molecule has 0 fully saturated rings. The molecule has 1 atom stereocenters. The van der Waals surface area contributed by atoms with Crippen LogP contribution in [0.15, 0.2) is 41.8 Å². The van der Waals surface area contributed by atoms with Crippen molar-refractivity contribution >= 4 is 40.4 Å². The maximum atomic E-state index is 12.1. The predicted octanol–water partition coefficient (Wildman–Crippen LogP) is 3.90. The van der Waals surface area contributed by atoms with Crippen molar-refractivity contribution in [3.63, 3.8) is 0 Å². The molecule has 6 nitrogen and oxygen atoms in total. The maximum absolute atomic E-state index is 12.1. The van der Waals surface area contributed by atoms with E-state index in [9.17, 15) is 4.79 Å². The van der Waals surface area contributed by atoms with E-state index in [2.05, 4.69) is 15.1 Å². The maximum Gasteiger partial charge on any atom is 0.319 e. The summed E-state index contributed by atoms with van der Waals surface area (Å²) >= 11 is 7.32. The normalized spacial score (nSPS) is 12.3. The molecule has 2 aromatic heterocycles. The topological polar surface area (TPSA) is 69.9 Å². The fourth-order valence-corrected chi connectivity index (χ4v) is 3.46. The smallest absolute Gasteiger partial charge is 0.319 e. The average molecular weight is 377 g/mol. The van der Waals surface area contributed by atoms with Crippen molar-refractivity contribution in [2.75, 3.05) is 6.61 Å². The molecule has 0 aliphatic carbocycles. The first kappa shape index (κ1) is 17.7. The van der Waals surface area contributed by atoms with Gasteiger partial charge in [0.25, 0.3) is 0 Å². The van der Waals surface area contributed by atoms with Crippen LogP contribution in [0.4, 0.5) is 0 Å². The molecule has 0 radical (unpaired) electrons. The van der Waals surface area contributed by atoms with E-state index < -0.39 is 0 Å². The van der Waals surface area contributed by atoms with Crippen LogP contribution in [0.25, 0.3) is 16.7 Å². The van der Waals surface area contributed by atoms with E-state index in [-0.39, 0.29) is 11.2 Å². The summed E-state index contributed by atoms with van der Waals surface area (Å²) in [6.07, 6.45) is 3.85. The Balaban J connectivity index is 1.95. The molecule has 0 aliphatic heterocycles. The Morgan fingerprint density at radius 2 is 2.04 bits per heavy atom. The minimum absolute atomic E-state index is 0.230. The molecule has 2 heterocycles. The van der Waals surface area contributed by atoms with Gasteiger partial charge in [-0.15, -0.1) is 0 Å². The molecule has 3 aromatic rings. The summed E-state index contributed by atoms with van der Waals surface area (Å²) in [7, 11) is 0. The minimum Gasteiger partial charge on any atom is -0.465 e. The molecule has 0 spiro atoms. The van der Waals surface area contributed by atoms with E-state index in [1.807, 2.05) is 19.1 Å². The van der Waals surface area contributed by atoms with Gasteiger partial charge in [0.1, 0.15) is 16.6 Å². The number of hydrogen-bond donors (Lipinski definition) is 0. The molecular formula is C17H17ClN4O2S. The summed E-state index contributed by atoms with van der Waals surface area (Å²) in [5.41, 5.74) is 1.53. The highest BCUT2D eigenvalue weighted by atomic mass is 35.5. The van der Waals surface area contributed by atoms with Crippen LogP contribution in [0.5, 0.6) is 0 Å². The zero-order valence-corrected chi connectivity index (χ0v) is 15.4. The number of esters is 1. The molecule has 25 heavy (non-hydrogen) atoms. The highest BCUT2D eigenvalue weighted by Gasteiger charge is 2.22. The van der Waals surface area contributed by atoms with E-state index in [1.54, 1.807) is 29.9 Å². The number of thioether (sulfide) groups is 1. The summed E-state index contributed by atoms with van der Waals surface area (Å²) in [6.45, 7) is 4.11. The fourth-order valence-electron chi connectivity index (χ4n) is 2.36. The summed E-state index contributed by atoms with van der Waals surface area (Å²) in [4.78, 5) is 20.7. The number of aromatic nitrogens is 4. The van der Waals surface area contributed by atoms with Crippen molar-refractivity contribution in [3.05, 3.63) is 41.8 Å². The van der Waals surface area contributed by atoms with Gasteiger partial charge in [0.05, 0.1) is 23.9 Å². The summed E-state index contributed by atoms with van der Waals surface area (Å²) in [5.74, 6) is -0.230. The third kappa shape index (κ3) is 3.77. The minimum atomic E-state index is -0.308.